The maximum atomic E-state index is 6.05. The molecule has 4 rings (SSSR count). The van der Waals surface area contributed by atoms with Gasteiger partial charge >= 0.3 is 0 Å². The van der Waals surface area contributed by atoms with Crippen LogP contribution in [0, 0.1) is 0 Å². The smallest absolute Gasteiger partial charge is 0.169 e. The zero-order valence-corrected chi connectivity index (χ0v) is 15.4. The van der Waals surface area contributed by atoms with Crippen molar-refractivity contribution in [2.45, 2.75) is 13.3 Å². The second-order valence-electron chi connectivity index (χ2n) is 6.58. The fourth-order valence-electron chi connectivity index (χ4n) is 3.18. The Bertz CT molecular complexity index is 1000. The molecule has 0 amide bonds. The van der Waals surface area contributed by atoms with E-state index in [2.05, 4.69) is 43.7 Å². The lowest BCUT2D eigenvalue weighted by Crippen LogP contribution is -2.11. The molecule has 3 aromatic heterocycles. The number of fused-ring (bicyclic) bond motifs is 1. The van der Waals surface area contributed by atoms with Crippen LogP contribution in [0.5, 0.6) is 0 Å². The molecular weight excluding hydrogens is 340 g/mol. The Morgan fingerprint density at radius 3 is 3.00 bits per heavy atom. The van der Waals surface area contributed by atoms with E-state index in [1.54, 1.807) is 23.3 Å². The number of nitrogen functional groups attached to an aromatic ring is 1. The minimum atomic E-state index is 0.374. The van der Waals surface area contributed by atoms with Gasteiger partial charge < -0.3 is 16.4 Å². The Kier molecular flexibility index (Phi) is 4.45. The van der Waals surface area contributed by atoms with Gasteiger partial charge in [-0.2, -0.15) is 5.10 Å². The molecule has 0 fully saturated rings. The van der Waals surface area contributed by atoms with Gasteiger partial charge in [-0.15, -0.1) is 0 Å². The van der Waals surface area contributed by atoms with Crippen LogP contribution in [-0.2, 0) is 7.05 Å². The Morgan fingerprint density at radius 1 is 1.30 bits per heavy atom. The SMILES string of the molecule is CC1=C(CNc2nc(-c3cnn(C)c3)cnc2N)c2cccnc2NCC1. The predicted octanol–water partition coefficient (Wildman–Crippen LogP) is 2.56. The van der Waals surface area contributed by atoms with E-state index in [0.29, 0.717) is 18.2 Å². The van der Waals surface area contributed by atoms with Crippen molar-refractivity contribution in [1.29, 1.82) is 0 Å². The standard InChI is InChI=1S/C19H22N8/c1-12-5-7-22-18-14(4-3-6-21-18)15(12)9-24-19-17(20)23-10-16(26-19)13-8-25-27(2)11-13/h3-4,6,8,10-11H,5,7,9H2,1-2H3,(H2,20,23)(H,21,22)(H,24,26). The first-order chi connectivity index (χ1) is 13.1. The molecule has 0 spiro atoms. The number of nitrogens with two attached hydrogens (primary N) is 1. The monoisotopic (exact) mass is 362 g/mol. The molecule has 1 aliphatic heterocycles. The van der Waals surface area contributed by atoms with Crippen molar-refractivity contribution in [3.63, 3.8) is 0 Å². The number of nitrogens with one attached hydrogen (secondary N) is 2. The lowest BCUT2D eigenvalue weighted by molar-refractivity contribution is 0.768. The fourth-order valence-corrected chi connectivity index (χ4v) is 3.18. The number of rotatable bonds is 4. The quantitative estimate of drug-likeness (QED) is 0.655. The molecule has 27 heavy (non-hydrogen) atoms. The topological polar surface area (TPSA) is 107 Å². The lowest BCUT2D eigenvalue weighted by Gasteiger charge is -2.14. The number of hydrogen-bond donors (Lipinski definition) is 3. The maximum Gasteiger partial charge on any atom is 0.169 e. The van der Waals surface area contributed by atoms with Crippen molar-refractivity contribution in [2.75, 3.05) is 29.5 Å². The van der Waals surface area contributed by atoms with Crippen molar-refractivity contribution >= 4 is 23.0 Å². The highest BCUT2D eigenvalue weighted by Gasteiger charge is 2.16. The van der Waals surface area contributed by atoms with Crippen LogP contribution in [0.1, 0.15) is 18.9 Å². The Hall–Kier alpha value is -3.42. The average molecular weight is 362 g/mol. The highest BCUT2D eigenvalue weighted by Crippen LogP contribution is 2.30. The second kappa shape index (κ2) is 7.06. The van der Waals surface area contributed by atoms with Gasteiger partial charge in [0.25, 0.3) is 0 Å². The third-order valence-electron chi connectivity index (χ3n) is 4.67. The zero-order valence-electron chi connectivity index (χ0n) is 15.4. The molecule has 0 radical (unpaired) electrons. The predicted molar refractivity (Wildman–Crippen MR) is 107 cm³/mol. The number of aryl methyl sites for hydroxylation is 1. The summed E-state index contributed by atoms with van der Waals surface area (Å²) >= 11 is 0. The molecule has 0 atom stereocenters. The molecule has 4 heterocycles. The summed E-state index contributed by atoms with van der Waals surface area (Å²) in [6.45, 7) is 3.63. The van der Waals surface area contributed by atoms with E-state index in [0.717, 1.165) is 35.6 Å². The van der Waals surface area contributed by atoms with Gasteiger partial charge in [-0.1, -0.05) is 5.57 Å². The van der Waals surface area contributed by atoms with E-state index in [1.807, 2.05) is 19.3 Å². The summed E-state index contributed by atoms with van der Waals surface area (Å²) in [5.74, 6) is 1.85. The van der Waals surface area contributed by atoms with E-state index in [9.17, 15) is 0 Å². The lowest BCUT2D eigenvalue weighted by atomic mass is 10.0. The molecular formula is C19H22N8. The van der Waals surface area contributed by atoms with Gasteiger partial charge in [-0.05, 0) is 31.1 Å². The van der Waals surface area contributed by atoms with E-state index >= 15 is 0 Å². The van der Waals surface area contributed by atoms with Crippen molar-refractivity contribution in [3.05, 3.63) is 48.1 Å². The molecule has 138 valence electrons. The third-order valence-corrected chi connectivity index (χ3v) is 4.67. The fraction of sp³-hybridized carbons (Fsp3) is 0.263. The van der Waals surface area contributed by atoms with Crippen LogP contribution in [0.3, 0.4) is 0 Å². The Labute approximate surface area is 157 Å². The van der Waals surface area contributed by atoms with Crippen LogP contribution < -0.4 is 16.4 Å². The maximum absolute atomic E-state index is 6.05. The summed E-state index contributed by atoms with van der Waals surface area (Å²) in [7, 11) is 1.87. The number of pyridine rings is 1. The second-order valence-corrected chi connectivity index (χ2v) is 6.58. The van der Waals surface area contributed by atoms with E-state index in [1.165, 1.54) is 11.1 Å². The van der Waals surface area contributed by atoms with Gasteiger partial charge in [0.15, 0.2) is 11.6 Å². The van der Waals surface area contributed by atoms with Gasteiger partial charge in [0.1, 0.15) is 5.82 Å². The molecule has 1 aliphatic rings. The summed E-state index contributed by atoms with van der Waals surface area (Å²) in [5.41, 5.74) is 11.3. The largest absolute Gasteiger partial charge is 0.381 e. The van der Waals surface area contributed by atoms with Crippen LogP contribution in [0.4, 0.5) is 17.5 Å². The molecule has 8 nitrogen and oxygen atoms in total. The van der Waals surface area contributed by atoms with Crippen LogP contribution in [-0.4, -0.2) is 37.8 Å². The van der Waals surface area contributed by atoms with Gasteiger partial charge in [-0.25, -0.2) is 15.0 Å². The minimum absolute atomic E-state index is 0.374. The first-order valence-electron chi connectivity index (χ1n) is 8.85. The van der Waals surface area contributed by atoms with E-state index in [-0.39, 0.29) is 0 Å². The molecule has 0 aliphatic carbocycles. The normalized spacial score (nSPS) is 13.7. The molecule has 0 unspecified atom stereocenters. The minimum Gasteiger partial charge on any atom is -0.381 e. The van der Waals surface area contributed by atoms with Crippen LogP contribution in [0.25, 0.3) is 16.8 Å². The van der Waals surface area contributed by atoms with Crippen molar-refractivity contribution in [2.24, 2.45) is 7.05 Å². The van der Waals surface area contributed by atoms with Crippen LogP contribution >= 0.6 is 0 Å². The number of hydrogen-bond acceptors (Lipinski definition) is 7. The molecule has 3 aromatic rings. The Morgan fingerprint density at radius 2 is 2.19 bits per heavy atom. The average Bonchev–Trinajstić information content (AvgIpc) is 3.03. The highest BCUT2D eigenvalue weighted by atomic mass is 15.2. The van der Waals surface area contributed by atoms with E-state index < -0.39 is 0 Å². The van der Waals surface area contributed by atoms with Crippen molar-refractivity contribution in [3.8, 4) is 11.3 Å². The summed E-state index contributed by atoms with van der Waals surface area (Å²) in [4.78, 5) is 13.4. The van der Waals surface area contributed by atoms with Crippen LogP contribution in [0.15, 0.2) is 42.5 Å². The van der Waals surface area contributed by atoms with Gasteiger partial charge in [0.2, 0.25) is 0 Å². The third kappa shape index (κ3) is 3.46. The zero-order chi connectivity index (χ0) is 18.8. The molecule has 4 N–H and O–H groups in total. The summed E-state index contributed by atoms with van der Waals surface area (Å²) < 4.78 is 1.73. The summed E-state index contributed by atoms with van der Waals surface area (Å²) in [6.07, 6.45) is 8.09. The summed E-state index contributed by atoms with van der Waals surface area (Å²) in [5, 5.41) is 10.9. The first kappa shape index (κ1) is 17.0. The summed E-state index contributed by atoms with van der Waals surface area (Å²) in [6, 6.07) is 4.04. The van der Waals surface area contributed by atoms with E-state index in [4.69, 9.17) is 5.73 Å². The van der Waals surface area contributed by atoms with Crippen molar-refractivity contribution < 1.29 is 0 Å². The molecule has 0 saturated carbocycles. The Balaban J connectivity index is 1.62. The van der Waals surface area contributed by atoms with Crippen molar-refractivity contribution in [1.82, 2.24) is 24.7 Å². The number of nitrogens with zero attached hydrogens (tertiary/aromatic N) is 5. The van der Waals surface area contributed by atoms with Gasteiger partial charge in [-0.3, -0.25) is 4.68 Å². The number of aromatic nitrogens is 5. The first-order valence-corrected chi connectivity index (χ1v) is 8.85. The molecule has 0 saturated heterocycles. The molecule has 8 heteroatoms. The molecule has 0 bridgehead atoms. The van der Waals surface area contributed by atoms with Gasteiger partial charge in [0.05, 0.1) is 18.1 Å². The number of anilines is 3. The highest BCUT2D eigenvalue weighted by molar-refractivity contribution is 5.80. The van der Waals surface area contributed by atoms with Gasteiger partial charge in [0, 0.05) is 43.7 Å². The van der Waals surface area contributed by atoms with Crippen LogP contribution in [0.2, 0.25) is 0 Å². The molecule has 0 aromatic carbocycles.